The number of carbonyl (C=O) groups excluding carboxylic acids is 2. The Kier molecular flexibility index (Phi) is 9.48. The standard InChI is InChI=1S/C22H29N3O6S/c1-16(2)25-21(26)15-31-19-10-9-18(13-20(19)30-3)22(27)23-11-12-32(28,29)24-14-17-7-5-4-6-8-17/h4-10,13,16,24H,11-12,14-15H2,1-3H3,(H,23,27)(H,25,26). The van der Waals surface area contributed by atoms with E-state index in [2.05, 4.69) is 15.4 Å². The van der Waals surface area contributed by atoms with Gasteiger partial charge in [-0.3, -0.25) is 9.59 Å². The summed E-state index contributed by atoms with van der Waals surface area (Å²) in [7, 11) is -2.13. The van der Waals surface area contributed by atoms with Crippen molar-refractivity contribution in [2.24, 2.45) is 0 Å². The zero-order valence-electron chi connectivity index (χ0n) is 18.4. The molecular weight excluding hydrogens is 434 g/mol. The van der Waals surface area contributed by atoms with Gasteiger partial charge < -0.3 is 20.1 Å². The number of methoxy groups -OCH3 is 1. The smallest absolute Gasteiger partial charge is 0.258 e. The number of benzene rings is 2. The Bertz CT molecular complexity index is 1010. The molecule has 2 amide bonds. The number of ether oxygens (including phenoxy) is 2. The first-order valence-electron chi connectivity index (χ1n) is 10.1. The van der Waals surface area contributed by atoms with E-state index in [0.717, 1.165) is 5.56 Å². The summed E-state index contributed by atoms with van der Waals surface area (Å²) in [5, 5.41) is 5.29. The minimum atomic E-state index is -3.55. The summed E-state index contributed by atoms with van der Waals surface area (Å²) in [4.78, 5) is 24.1. The molecule has 0 radical (unpaired) electrons. The van der Waals surface area contributed by atoms with Crippen molar-refractivity contribution in [3.8, 4) is 11.5 Å². The van der Waals surface area contributed by atoms with Crippen LogP contribution in [-0.4, -0.2) is 52.3 Å². The molecule has 0 spiro atoms. The van der Waals surface area contributed by atoms with Crippen LogP contribution in [0.3, 0.4) is 0 Å². The summed E-state index contributed by atoms with van der Waals surface area (Å²) in [6.45, 7) is 3.63. The van der Waals surface area contributed by atoms with Crippen LogP contribution in [0.15, 0.2) is 48.5 Å². The third-order valence-electron chi connectivity index (χ3n) is 4.23. The van der Waals surface area contributed by atoms with Crippen LogP contribution in [-0.2, 0) is 21.4 Å². The zero-order chi connectivity index (χ0) is 23.6. The van der Waals surface area contributed by atoms with Crippen molar-refractivity contribution >= 4 is 21.8 Å². The van der Waals surface area contributed by atoms with E-state index < -0.39 is 15.9 Å². The summed E-state index contributed by atoms with van der Waals surface area (Å²) < 4.78 is 37.5. The van der Waals surface area contributed by atoms with Crippen molar-refractivity contribution in [1.29, 1.82) is 0 Å². The quantitative estimate of drug-likeness (QED) is 0.438. The van der Waals surface area contributed by atoms with Gasteiger partial charge in [0.25, 0.3) is 11.8 Å². The fourth-order valence-electron chi connectivity index (χ4n) is 2.70. The van der Waals surface area contributed by atoms with Crippen LogP contribution in [0.4, 0.5) is 0 Å². The number of hydrogen-bond donors (Lipinski definition) is 3. The van der Waals surface area contributed by atoms with E-state index in [1.54, 1.807) is 0 Å². The van der Waals surface area contributed by atoms with Gasteiger partial charge in [0, 0.05) is 24.7 Å². The van der Waals surface area contributed by atoms with E-state index in [1.807, 2.05) is 44.2 Å². The van der Waals surface area contributed by atoms with Crippen LogP contribution in [0, 0.1) is 0 Å². The zero-order valence-corrected chi connectivity index (χ0v) is 19.2. The molecular formula is C22H29N3O6S. The average Bonchev–Trinajstić information content (AvgIpc) is 2.76. The van der Waals surface area contributed by atoms with Crippen LogP contribution in [0.25, 0.3) is 0 Å². The van der Waals surface area contributed by atoms with Gasteiger partial charge in [-0.1, -0.05) is 30.3 Å². The van der Waals surface area contributed by atoms with Crippen molar-refractivity contribution < 1.29 is 27.5 Å². The molecule has 0 saturated carbocycles. The summed E-state index contributed by atoms with van der Waals surface area (Å²) >= 11 is 0. The van der Waals surface area contributed by atoms with Crippen molar-refractivity contribution in [3.63, 3.8) is 0 Å². The van der Waals surface area contributed by atoms with Crippen LogP contribution in [0.5, 0.6) is 11.5 Å². The topological polar surface area (TPSA) is 123 Å². The van der Waals surface area contributed by atoms with Gasteiger partial charge in [0.15, 0.2) is 18.1 Å². The van der Waals surface area contributed by atoms with Crippen LogP contribution in [0.1, 0.15) is 29.8 Å². The van der Waals surface area contributed by atoms with Crippen LogP contribution < -0.4 is 24.8 Å². The third kappa shape index (κ3) is 8.56. The van der Waals surface area contributed by atoms with Crippen molar-refractivity contribution in [1.82, 2.24) is 15.4 Å². The number of rotatable bonds is 12. The molecule has 0 saturated heterocycles. The Morgan fingerprint density at radius 1 is 1.03 bits per heavy atom. The maximum Gasteiger partial charge on any atom is 0.258 e. The second-order valence-electron chi connectivity index (χ2n) is 7.26. The predicted octanol–water partition coefficient (Wildman–Crippen LogP) is 1.45. The van der Waals surface area contributed by atoms with Gasteiger partial charge in [-0.2, -0.15) is 0 Å². The molecule has 3 N–H and O–H groups in total. The van der Waals surface area contributed by atoms with Crippen molar-refractivity contribution in [2.75, 3.05) is 26.0 Å². The maximum absolute atomic E-state index is 12.4. The molecule has 2 rings (SSSR count). The molecule has 0 aliphatic carbocycles. The van der Waals surface area contributed by atoms with Crippen LogP contribution >= 0.6 is 0 Å². The van der Waals surface area contributed by atoms with E-state index >= 15 is 0 Å². The second-order valence-corrected chi connectivity index (χ2v) is 9.18. The van der Waals surface area contributed by atoms with Gasteiger partial charge in [0.05, 0.1) is 12.9 Å². The predicted molar refractivity (Wildman–Crippen MR) is 121 cm³/mol. The summed E-state index contributed by atoms with van der Waals surface area (Å²) in [6, 6.07) is 13.6. The van der Waals surface area contributed by atoms with E-state index in [4.69, 9.17) is 9.47 Å². The molecule has 0 heterocycles. The lowest BCUT2D eigenvalue weighted by molar-refractivity contribution is -0.123. The molecule has 0 aliphatic heterocycles. The highest BCUT2D eigenvalue weighted by atomic mass is 32.2. The largest absolute Gasteiger partial charge is 0.493 e. The Labute approximate surface area is 188 Å². The molecule has 32 heavy (non-hydrogen) atoms. The van der Waals surface area contributed by atoms with E-state index in [1.165, 1.54) is 25.3 Å². The van der Waals surface area contributed by atoms with E-state index in [9.17, 15) is 18.0 Å². The molecule has 0 aliphatic rings. The van der Waals surface area contributed by atoms with Gasteiger partial charge in [-0.25, -0.2) is 13.1 Å². The lowest BCUT2D eigenvalue weighted by Crippen LogP contribution is -2.34. The Hall–Kier alpha value is -3.11. The van der Waals surface area contributed by atoms with Gasteiger partial charge in [-0.05, 0) is 37.6 Å². The van der Waals surface area contributed by atoms with Crippen LogP contribution in [0.2, 0.25) is 0 Å². The third-order valence-corrected chi connectivity index (χ3v) is 5.56. The van der Waals surface area contributed by atoms with Crippen molar-refractivity contribution in [2.45, 2.75) is 26.4 Å². The normalized spacial score (nSPS) is 11.1. The highest BCUT2D eigenvalue weighted by Gasteiger charge is 2.15. The molecule has 0 bridgehead atoms. The summed E-state index contributed by atoms with van der Waals surface area (Å²) in [6.07, 6.45) is 0. The first-order chi connectivity index (χ1) is 15.2. The average molecular weight is 464 g/mol. The molecule has 0 fully saturated rings. The molecule has 2 aromatic carbocycles. The number of nitrogens with one attached hydrogen (secondary N) is 3. The molecule has 10 heteroatoms. The number of carbonyl (C=O) groups is 2. The lowest BCUT2D eigenvalue weighted by Gasteiger charge is -2.13. The van der Waals surface area contributed by atoms with Gasteiger partial charge in [0.1, 0.15) is 0 Å². The number of hydrogen-bond acceptors (Lipinski definition) is 6. The fourth-order valence-corrected chi connectivity index (χ4v) is 3.60. The maximum atomic E-state index is 12.4. The Morgan fingerprint density at radius 3 is 2.41 bits per heavy atom. The Balaban J connectivity index is 1.86. The molecule has 2 aromatic rings. The molecule has 0 aromatic heterocycles. The lowest BCUT2D eigenvalue weighted by atomic mass is 10.2. The summed E-state index contributed by atoms with van der Waals surface area (Å²) in [5.41, 5.74) is 1.12. The highest BCUT2D eigenvalue weighted by molar-refractivity contribution is 7.89. The molecule has 174 valence electrons. The fraction of sp³-hybridized carbons (Fsp3) is 0.364. The van der Waals surface area contributed by atoms with E-state index in [-0.39, 0.29) is 48.7 Å². The minimum absolute atomic E-state index is 0.00331. The first-order valence-corrected chi connectivity index (χ1v) is 11.7. The summed E-state index contributed by atoms with van der Waals surface area (Å²) in [5.74, 6) is -0.381. The molecule has 0 atom stereocenters. The first kappa shape index (κ1) is 25.2. The van der Waals surface area contributed by atoms with Gasteiger partial charge in [-0.15, -0.1) is 0 Å². The Morgan fingerprint density at radius 2 is 1.75 bits per heavy atom. The number of amides is 2. The second kappa shape index (κ2) is 12.1. The van der Waals surface area contributed by atoms with Crippen molar-refractivity contribution in [3.05, 3.63) is 59.7 Å². The molecule has 9 nitrogen and oxygen atoms in total. The minimum Gasteiger partial charge on any atom is -0.493 e. The SMILES string of the molecule is COc1cc(C(=O)NCCS(=O)(=O)NCc2ccccc2)ccc1OCC(=O)NC(C)C. The van der Waals surface area contributed by atoms with Gasteiger partial charge >= 0.3 is 0 Å². The number of sulfonamides is 1. The van der Waals surface area contributed by atoms with E-state index in [0.29, 0.717) is 5.75 Å². The molecule has 0 unspecified atom stereocenters. The highest BCUT2D eigenvalue weighted by Crippen LogP contribution is 2.28. The van der Waals surface area contributed by atoms with Gasteiger partial charge in [0.2, 0.25) is 10.0 Å². The monoisotopic (exact) mass is 463 g/mol.